The van der Waals surface area contributed by atoms with Crippen LogP contribution in [0, 0.1) is 0 Å². The van der Waals surface area contributed by atoms with E-state index in [2.05, 4.69) is 20.6 Å². The van der Waals surface area contributed by atoms with Crippen LogP contribution in [0.2, 0.25) is 0 Å². The van der Waals surface area contributed by atoms with Crippen LogP contribution in [0.4, 0.5) is 37.7 Å². The average Bonchev–Trinajstić information content (AvgIpc) is 3.31. The summed E-state index contributed by atoms with van der Waals surface area (Å²) in [6.07, 6.45) is -6.23. The molecule has 0 spiro atoms. The normalized spacial score (nSPS) is 11.0. The molecule has 0 aliphatic heterocycles. The fourth-order valence-corrected chi connectivity index (χ4v) is 6.78. The van der Waals surface area contributed by atoms with Crippen LogP contribution in [-0.4, -0.2) is 50.9 Å². The number of carboxylic acids is 1. The van der Waals surface area contributed by atoms with Gasteiger partial charge in [0.1, 0.15) is 0 Å². The Morgan fingerprint density at radius 3 is 1.35 bits per heavy atom. The van der Waals surface area contributed by atoms with E-state index in [4.69, 9.17) is 9.84 Å². The molecule has 2 amide bonds. The van der Waals surface area contributed by atoms with Crippen LogP contribution in [0.5, 0.6) is 0 Å². The van der Waals surface area contributed by atoms with Crippen LogP contribution < -0.4 is 40.2 Å². The SMILES string of the molecule is CCOC(=O)c1cnc2cc(NC(=O)c3ccccc3-c3ccc(C(F)(F)F)cc3)ccc2c1.O=C(O)c1cnc2cc(NC(=O)c3ccccc3-c3ccc(C(F)(F)F)cc3)ccc2c1.[Na+].[OH-]. The van der Waals surface area contributed by atoms with Crippen molar-refractivity contribution in [3.63, 3.8) is 0 Å². The molecular formula is C50H35F6N4NaO7. The Balaban J connectivity index is 0.000000247. The number of anilines is 2. The van der Waals surface area contributed by atoms with Gasteiger partial charge >= 0.3 is 53.8 Å². The number of esters is 1. The smallest absolute Gasteiger partial charge is 0.870 e. The third-order valence-corrected chi connectivity index (χ3v) is 10.0. The van der Waals surface area contributed by atoms with Crippen LogP contribution in [0.3, 0.4) is 0 Å². The minimum Gasteiger partial charge on any atom is -0.870 e. The number of hydrogen-bond acceptors (Lipinski definition) is 8. The Labute approximate surface area is 405 Å². The number of carboxylic acid groups (broad SMARTS) is 1. The zero-order valence-corrected chi connectivity index (χ0v) is 37.8. The summed E-state index contributed by atoms with van der Waals surface area (Å²) in [7, 11) is 0. The van der Waals surface area contributed by atoms with Gasteiger partial charge in [0.05, 0.1) is 39.9 Å². The number of aromatic carboxylic acids is 1. The minimum atomic E-state index is -4.44. The van der Waals surface area contributed by atoms with E-state index < -0.39 is 47.2 Å². The van der Waals surface area contributed by atoms with Crippen molar-refractivity contribution in [2.75, 3.05) is 17.2 Å². The summed E-state index contributed by atoms with van der Waals surface area (Å²) in [6.45, 7) is 1.98. The van der Waals surface area contributed by atoms with E-state index in [1.54, 1.807) is 97.9 Å². The summed E-state index contributed by atoms with van der Waals surface area (Å²) in [5.41, 5.74) is 3.44. The summed E-state index contributed by atoms with van der Waals surface area (Å²) in [5, 5.41) is 15.9. The molecule has 0 radical (unpaired) electrons. The molecule has 4 N–H and O–H groups in total. The number of pyridine rings is 2. The molecular weight excluding hydrogens is 906 g/mol. The monoisotopic (exact) mass is 940 g/mol. The van der Waals surface area contributed by atoms with E-state index in [9.17, 15) is 45.5 Å². The number of halogens is 6. The molecule has 8 rings (SSSR count). The Kier molecular flexibility index (Phi) is 16.6. The first-order valence-corrected chi connectivity index (χ1v) is 19.8. The van der Waals surface area contributed by atoms with E-state index in [0.29, 0.717) is 72.1 Å². The molecule has 2 aromatic heterocycles. The molecule has 68 heavy (non-hydrogen) atoms. The van der Waals surface area contributed by atoms with Crippen LogP contribution in [0.25, 0.3) is 44.1 Å². The third-order valence-electron chi connectivity index (χ3n) is 10.0. The molecule has 0 atom stereocenters. The molecule has 0 aliphatic carbocycles. The summed E-state index contributed by atoms with van der Waals surface area (Å²) in [5.74, 6) is -2.41. The molecule has 0 saturated heterocycles. The van der Waals surface area contributed by atoms with Gasteiger partial charge < -0.3 is 26.0 Å². The van der Waals surface area contributed by atoms with Crippen molar-refractivity contribution >= 4 is 56.9 Å². The Morgan fingerprint density at radius 2 is 0.956 bits per heavy atom. The zero-order valence-electron chi connectivity index (χ0n) is 35.8. The maximum atomic E-state index is 13.0. The van der Waals surface area contributed by atoms with Crippen LogP contribution >= 0.6 is 0 Å². The molecule has 18 heteroatoms. The molecule has 340 valence electrons. The number of benzene rings is 6. The molecule has 8 aromatic rings. The first kappa shape index (κ1) is 51.5. The van der Waals surface area contributed by atoms with Crippen molar-refractivity contribution in [3.8, 4) is 22.3 Å². The number of amides is 2. The quantitative estimate of drug-likeness (QED) is 0.0724. The fraction of sp³-hybridized carbons (Fsp3) is 0.0800. The zero-order chi connectivity index (χ0) is 47.2. The maximum absolute atomic E-state index is 13.0. The molecule has 11 nitrogen and oxygen atoms in total. The molecule has 0 bridgehead atoms. The van der Waals surface area contributed by atoms with E-state index in [0.717, 1.165) is 24.3 Å². The standard InChI is InChI=1S/C26H19F3N2O3.C24H15F3N2O3.Na.H2O/c1-2-34-25(33)18-13-17-9-12-20(14-23(17)30-15-18)31-24(32)22-6-4-3-5-21(22)16-7-10-19(11-8-16)26(27,28)29;25-24(26,27)17-8-5-14(6-9-17)19-3-1-2-4-20(19)22(30)29-18-10-7-15-11-16(23(31)32)13-28-21(15)12-18;;/h3-15H,2H2,1H3,(H,31,32);1-13H,(H,29,30)(H,31,32);;1H2/q;;+1;/p-1. The molecule has 0 unspecified atom stereocenters. The Morgan fingerprint density at radius 1 is 0.559 bits per heavy atom. The van der Waals surface area contributed by atoms with Crippen molar-refractivity contribution in [1.29, 1.82) is 0 Å². The van der Waals surface area contributed by atoms with E-state index in [1.165, 1.54) is 42.7 Å². The van der Waals surface area contributed by atoms with Gasteiger partial charge in [-0.25, -0.2) is 9.59 Å². The van der Waals surface area contributed by atoms with Gasteiger partial charge in [-0.05, 0) is 102 Å². The number of carbonyl (C=O) groups is 4. The van der Waals surface area contributed by atoms with E-state index in [-0.39, 0.29) is 47.2 Å². The first-order valence-electron chi connectivity index (χ1n) is 19.8. The first-order chi connectivity index (χ1) is 31.5. The van der Waals surface area contributed by atoms with E-state index >= 15 is 0 Å². The number of fused-ring (bicyclic) bond motifs is 2. The van der Waals surface area contributed by atoms with Crippen LogP contribution in [-0.2, 0) is 17.1 Å². The summed E-state index contributed by atoms with van der Waals surface area (Å²) >= 11 is 0. The third kappa shape index (κ3) is 12.3. The summed E-state index contributed by atoms with van der Waals surface area (Å²) < 4.78 is 82.2. The number of aromatic nitrogens is 2. The summed E-state index contributed by atoms with van der Waals surface area (Å²) in [6, 6.07) is 35.6. The number of nitrogens with one attached hydrogen (secondary N) is 2. The number of ether oxygens (including phenoxy) is 1. The number of alkyl halides is 6. The number of carbonyl (C=O) groups excluding carboxylic acids is 3. The fourth-order valence-electron chi connectivity index (χ4n) is 6.78. The predicted octanol–water partition coefficient (Wildman–Crippen LogP) is 9.05. The second kappa shape index (κ2) is 21.9. The van der Waals surface area contributed by atoms with Gasteiger partial charge in [-0.2, -0.15) is 26.3 Å². The van der Waals surface area contributed by atoms with E-state index in [1.807, 2.05) is 0 Å². The van der Waals surface area contributed by atoms with Crippen LogP contribution in [0.1, 0.15) is 59.5 Å². The van der Waals surface area contributed by atoms with Crippen molar-refractivity contribution in [1.82, 2.24) is 9.97 Å². The molecule has 6 aromatic carbocycles. The van der Waals surface area contributed by atoms with Gasteiger partial charge in [0.15, 0.2) is 0 Å². The summed E-state index contributed by atoms with van der Waals surface area (Å²) in [4.78, 5) is 57.3. The van der Waals surface area contributed by atoms with Gasteiger partial charge in [-0.3, -0.25) is 19.6 Å². The topological polar surface area (TPSA) is 178 Å². The van der Waals surface area contributed by atoms with Crippen molar-refractivity contribution in [2.24, 2.45) is 0 Å². The van der Waals surface area contributed by atoms with Crippen molar-refractivity contribution < 1.29 is 90.4 Å². The maximum Gasteiger partial charge on any atom is 1.00 e. The van der Waals surface area contributed by atoms with Gasteiger partial charge in [0.2, 0.25) is 0 Å². The largest absolute Gasteiger partial charge is 1.00 e. The van der Waals surface area contributed by atoms with Crippen LogP contribution in [0.15, 0.2) is 158 Å². The predicted molar refractivity (Wildman–Crippen MR) is 238 cm³/mol. The second-order valence-corrected chi connectivity index (χ2v) is 14.4. The van der Waals surface area contributed by atoms with Crippen molar-refractivity contribution in [2.45, 2.75) is 19.3 Å². The number of hydrogen-bond donors (Lipinski definition) is 3. The van der Waals surface area contributed by atoms with Crippen molar-refractivity contribution in [3.05, 3.63) is 191 Å². The van der Waals surface area contributed by atoms with Gasteiger partial charge in [-0.1, -0.05) is 72.8 Å². The van der Waals surface area contributed by atoms with Gasteiger partial charge in [0, 0.05) is 45.7 Å². The Hall–Kier alpha value is -7.44. The minimum absolute atomic E-state index is 0. The Bertz CT molecular complexity index is 3130. The molecule has 2 heterocycles. The van der Waals surface area contributed by atoms with Gasteiger partial charge in [-0.15, -0.1) is 0 Å². The van der Waals surface area contributed by atoms with Gasteiger partial charge in [0.25, 0.3) is 11.8 Å². The second-order valence-electron chi connectivity index (χ2n) is 14.4. The number of nitrogens with zero attached hydrogens (tertiary/aromatic N) is 2. The molecule has 0 fully saturated rings. The molecule has 0 saturated carbocycles. The number of rotatable bonds is 9. The average molecular weight is 941 g/mol. The molecule has 0 aliphatic rings.